The Morgan fingerprint density at radius 2 is 1.65 bits per heavy atom. The number of carbonyl (C=O) groups excluding carboxylic acids is 1. The van der Waals surface area contributed by atoms with Crippen molar-refractivity contribution in [2.75, 3.05) is 26.2 Å². The minimum Gasteiger partial charge on any atom is -0.335 e. The quantitative estimate of drug-likeness (QED) is 0.542. The highest BCUT2D eigenvalue weighted by Gasteiger charge is 2.30. The summed E-state index contributed by atoms with van der Waals surface area (Å²) in [6.45, 7) is 3.68. The van der Waals surface area contributed by atoms with Crippen LogP contribution < -0.4 is 5.43 Å². The van der Waals surface area contributed by atoms with Crippen LogP contribution in [0.5, 0.6) is 0 Å². The van der Waals surface area contributed by atoms with Gasteiger partial charge in [0.15, 0.2) is 5.69 Å². The van der Waals surface area contributed by atoms with Gasteiger partial charge in [0.2, 0.25) is 5.43 Å². The van der Waals surface area contributed by atoms with E-state index in [2.05, 4.69) is 5.10 Å². The molecule has 1 amide bonds. The van der Waals surface area contributed by atoms with Crippen LogP contribution in [-0.2, 0) is 12.7 Å². The zero-order valence-corrected chi connectivity index (χ0v) is 18.3. The Kier molecular flexibility index (Phi) is 6.52. The molecule has 0 saturated carbocycles. The summed E-state index contributed by atoms with van der Waals surface area (Å²) in [7, 11) is 0. The molecule has 0 bridgehead atoms. The molecule has 0 N–H and O–H groups in total. The molecule has 2 heterocycles. The van der Waals surface area contributed by atoms with Crippen molar-refractivity contribution in [1.82, 2.24) is 19.6 Å². The maximum absolute atomic E-state index is 14.3. The number of rotatable bonds is 4. The van der Waals surface area contributed by atoms with E-state index in [0.29, 0.717) is 38.4 Å². The molecule has 1 saturated heterocycles. The first-order chi connectivity index (χ1) is 16.1. The topological polar surface area (TPSA) is 58.4 Å². The number of para-hydroxylation sites is 1. The summed E-state index contributed by atoms with van der Waals surface area (Å²) in [5.41, 5.74) is -0.255. The molecule has 1 aliphatic rings. The third-order valence-electron chi connectivity index (χ3n) is 5.74. The van der Waals surface area contributed by atoms with Gasteiger partial charge in [-0.15, -0.1) is 0 Å². The lowest BCUT2D eigenvalue weighted by molar-refractivity contribution is -0.137. The zero-order chi connectivity index (χ0) is 24.5. The van der Waals surface area contributed by atoms with Gasteiger partial charge >= 0.3 is 6.18 Å². The third kappa shape index (κ3) is 5.01. The molecule has 2 aromatic carbocycles. The number of nitrogens with zero attached hydrogens (tertiary/aromatic N) is 4. The van der Waals surface area contributed by atoms with Crippen LogP contribution in [0.2, 0.25) is 0 Å². The van der Waals surface area contributed by atoms with E-state index in [4.69, 9.17) is 0 Å². The van der Waals surface area contributed by atoms with Gasteiger partial charge in [-0.05, 0) is 36.8 Å². The monoisotopic (exact) mass is 474 g/mol. The van der Waals surface area contributed by atoms with E-state index in [9.17, 15) is 27.2 Å². The summed E-state index contributed by atoms with van der Waals surface area (Å²) in [5.74, 6) is -1.07. The highest BCUT2D eigenvalue weighted by molar-refractivity contribution is 5.92. The lowest BCUT2D eigenvalue weighted by atomic mass is 10.1. The van der Waals surface area contributed by atoms with E-state index in [1.807, 2.05) is 4.90 Å². The molecule has 0 spiro atoms. The number of aryl methyl sites for hydroxylation is 1. The van der Waals surface area contributed by atoms with Gasteiger partial charge in [0.25, 0.3) is 5.91 Å². The summed E-state index contributed by atoms with van der Waals surface area (Å²) in [5, 5.41) is 4.16. The predicted octanol–water partition coefficient (Wildman–Crippen LogP) is 3.66. The maximum atomic E-state index is 14.3. The van der Waals surface area contributed by atoms with Crippen molar-refractivity contribution in [3.63, 3.8) is 0 Å². The highest BCUT2D eigenvalue weighted by Crippen LogP contribution is 2.29. The Labute approximate surface area is 193 Å². The van der Waals surface area contributed by atoms with Gasteiger partial charge in [-0.2, -0.15) is 18.3 Å². The molecule has 178 valence electrons. The van der Waals surface area contributed by atoms with Gasteiger partial charge < -0.3 is 4.90 Å². The molecule has 10 heteroatoms. The standard InChI is InChI=1S/C24H22F4N4O2/c1-16-14-21(33)22(29-32(16)20-5-3-2-4-19(20)25)23(34)31-12-10-30(11-13-31)15-17-6-8-18(9-7-17)24(26,27)28/h2-9,14H,10-13,15H2,1H3. The zero-order valence-electron chi connectivity index (χ0n) is 18.3. The van der Waals surface area contributed by atoms with Crippen LogP contribution >= 0.6 is 0 Å². The summed E-state index contributed by atoms with van der Waals surface area (Å²) in [4.78, 5) is 29.0. The minimum absolute atomic E-state index is 0.135. The largest absolute Gasteiger partial charge is 0.416 e. The Bertz CT molecular complexity index is 1250. The first-order valence-electron chi connectivity index (χ1n) is 10.7. The van der Waals surface area contributed by atoms with Gasteiger partial charge in [0.1, 0.15) is 11.5 Å². The number of aromatic nitrogens is 2. The minimum atomic E-state index is -4.38. The number of hydrogen-bond acceptors (Lipinski definition) is 4. The van der Waals surface area contributed by atoms with Gasteiger partial charge in [-0.25, -0.2) is 9.07 Å². The van der Waals surface area contributed by atoms with E-state index in [0.717, 1.165) is 17.7 Å². The van der Waals surface area contributed by atoms with Crippen molar-refractivity contribution in [2.24, 2.45) is 0 Å². The summed E-state index contributed by atoms with van der Waals surface area (Å²) >= 11 is 0. The molecule has 1 aliphatic heterocycles. The number of benzene rings is 2. The SMILES string of the molecule is Cc1cc(=O)c(C(=O)N2CCN(Cc3ccc(C(F)(F)F)cc3)CC2)nn1-c1ccccc1F. The van der Waals surface area contributed by atoms with E-state index in [1.54, 1.807) is 13.0 Å². The predicted molar refractivity (Wildman–Crippen MR) is 117 cm³/mol. The van der Waals surface area contributed by atoms with Crippen LogP contribution in [0.3, 0.4) is 0 Å². The number of halogens is 4. The van der Waals surface area contributed by atoms with Crippen molar-refractivity contribution in [3.05, 3.63) is 93.2 Å². The molecule has 4 rings (SSSR count). The first kappa shape index (κ1) is 23.6. The van der Waals surface area contributed by atoms with Crippen LogP contribution in [-0.4, -0.2) is 51.7 Å². The fraction of sp³-hybridized carbons (Fsp3) is 0.292. The van der Waals surface area contributed by atoms with Crippen molar-refractivity contribution in [1.29, 1.82) is 0 Å². The molecular weight excluding hydrogens is 452 g/mol. The van der Waals surface area contributed by atoms with E-state index < -0.39 is 28.9 Å². The third-order valence-corrected chi connectivity index (χ3v) is 5.74. The Hall–Kier alpha value is -3.53. The van der Waals surface area contributed by atoms with Crippen LogP contribution in [0.15, 0.2) is 59.4 Å². The molecule has 3 aromatic rings. The van der Waals surface area contributed by atoms with Gasteiger partial charge in [0, 0.05) is 44.5 Å². The lowest BCUT2D eigenvalue weighted by Crippen LogP contribution is -2.49. The van der Waals surface area contributed by atoms with Gasteiger partial charge in [-0.1, -0.05) is 24.3 Å². The number of amides is 1. The molecular formula is C24H22F4N4O2. The average molecular weight is 474 g/mol. The normalized spacial score (nSPS) is 14.9. The molecule has 0 radical (unpaired) electrons. The van der Waals surface area contributed by atoms with Crippen molar-refractivity contribution < 1.29 is 22.4 Å². The molecule has 1 aromatic heterocycles. The van der Waals surface area contributed by atoms with E-state index in [-0.39, 0.29) is 11.4 Å². The van der Waals surface area contributed by atoms with Crippen LogP contribution in [0.1, 0.15) is 27.3 Å². The Morgan fingerprint density at radius 3 is 2.26 bits per heavy atom. The molecule has 6 nitrogen and oxygen atoms in total. The Balaban J connectivity index is 1.44. The average Bonchev–Trinajstić information content (AvgIpc) is 2.80. The second-order valence-corrected chi connectivity index (χ2v) is 8.12. The summed E-state index contributed by atoms with van der Waals surface area (Å²) < 4.78 is 53.7. The number of piperazine rings is 1. The highest BCUT2D eigenvalue weighted by atomic mass is 19.4. The van der Waals surface area contributed by atoms with Crippen LogP contribution in [0, 0.1) is 12.7 Å². The van der Waals surface area contributed by atoms with E-state index in [1.165, 1.54) is 46.0 Å². The lowest BCUT2D eigenvalue weighted by Gasteiger charge is -2.34. The molecule has 1 fully saturated rings. The number of hydrogen-bond donors (Lipinski definition) is 0. The molecule has 0 atom stereocenters. The molecule has 34 heavy (non-hydrogen) atoms. The van der Waals surface area contributed by atoms with Crippen molar-refractivity contribution in [3.8, 4) is 5.69 Å². The first-order valence-corrected chi connectivity index (χ1v) is 10.7. The van der Waals surface area contributed by atoms with Crippen LogP contribution in [0.25, 0.3) is 5.69 Å². The van der Waals surface area contributed by atoms with Gasteiger partial charge in [0.05, 0.1) is 5.56 Å². The maximum Gasteiger partial charge on any atom is 0.416 e. The van der Waals surface area contributed by atoms with Gasteiger partial charge in [-0.3, -0.25) is 14.5 Å². The Morgan fingerprint density at radius 1 is 1.00 bits per heavy atom. The molecule has 0 unspecified atom stereocenters. The van der Waals surface area contributed by atoms with E-state index >= 15 is 0 Å². The second kappa shape index (κ2) is 9.38. The summed E-state index contributed by atoms with van der Waals surface area (Å²) in [6, 6.07) is 12.2. The van der Waals surface area contributed by atoms with Crippen molar-refractivity contribution >= 4 is 5.91 Å². The van der Waals surface area contributed by atoms with Crippen LogP contribution in [0.4, 0.5) is 17.6 Å². The summed E-state index contributed by atoms with van der Waals surface area (Å²) in [6.07, 6.45) is -4.38. The molecule has 0 aliphatic carbocycles. The second-order valence-electron chi connectivity index (χ2n) is 8.12. The smallest absolute Gasteiger partial charge is 0.335 e. The fourth-order valence-corrected chi connectivity index (χ4v) is 3.88. The number of alkyl halides is 3. The fourth-order valence-electron chi connectivity index (χ4n) is 3.88. The number of carbonyl (C=O) groups is 1. The van der Waals surface area contributed by atoms with Crippen molar-refractivity contribution in [2.45, 2.75) is 19.6 Å².